The molecule has 1 amide bonds. The van der Waals surface area contributed by atoms with Crippen molar-refractivity contribution in [2.75, 3.05) is 5.32 Å². The van der Waals surface area contributed by atoms with Gasteiger partial charge in [0.15, 0.2) is 0 Å². The van der Waals surface area contributed by atoms with Crippen LogP contribution in [0.5, 0.6) is 11.6 Å². The number of rotatable bonds is 5. The zero-order valence-corrected chi connectivity index (χ0v) is 19.6. The van der Waals surface area contributed by atoms with E-state index >= 15 is 0 Å². The predicted octanol–water partition coefficient (Wildman–Crippen LogP) is 5.44. The van der Waals surface area contributed by atoms with Gasteiger partial charge in [-0.1, -0.05) is 24.3 Å². The van der Waals surface area contributed by atoms with E-state index in [0.29, 0.717) is 17.3 Å². The van der Waals surface area contributed by atoms with Gasteiger partial charge in [-0.2, -0.15) is 13.2 Å². The van der Waals surface area contributed by atoms with Gasteiger partial charge in [0, 0.05) is 29.0 Å². The van der Waals surface area contributed by atoms with Gasteiger partial charge < -0.3 is 19.4 Å². The first-order valence-electron chi connectivity index (χ1n) is 10.9. The van der Waals surface area contributed by atoms with Gasteiger partial charge in [-0.15, -0.1) is 0 Å². The Morgan fingerprint density at radius 3 is 2.29 bits per heavy atom. The topological polar surface area (TPSA) is 69.7 Å². The van der Waals surface area contributed by atoms with E-state index in [2.05, 4.69) is 10.3 Å². The average molecular weight is 484 g/mol. The Balaban J connectivity index is 1.50. The second-order valence-electron chi connectivity index (χ2n) is 9.14. The second-order valence-corrected chi connectivity index (χ2v) is 9.14. The Morgan fingerprint density at radius 2 is 1.66 bits per heavy atom. The zero-order chi connectivity index (χ0) is 25.4. The molecule has 6 nitrogen and oxygen atoms in total. The highest BCUT2D eigenvalue weighted by molar-refractivity contribution is 6.64. The van der Waals surface area contributed by atoms with E-state index in [0.717, 1.165) is 12.1 Å². The maximum absolute atomic E-state index is 13.0. The molecule has 1 aromatic heterocycles. The number of pyridine rings is 1. The molecule has 2 aromatic carbocycles. The van der Waals surface area contributed by atoms with Gasteiger partial charge in [-0.3, -0.25) is 4.79 Å². The lowest BCUT2D eigenvalue weighted by atomic mass is 9.77. The van der Waals surface area contributed by atoms with Crippen molar-refractivity contribution in [2.45, 2.75) is 45.1 Å². The van der Waals surface area contributed by atoms with Gasteiger partial charge >= 0.3 is 13.3 Å². The number of ether oxygens (including phenoxy) is 1. The molecule has 0 atom stereocenters. The van der Waals surface area contributed by atoms with Crippen LogP contribution >= 0.6 is 0 Å². The number of carbonyl (C=O) groups excluding carboxylic acids is 1. The maximum atomic E-state index is 13.0. The summed E-state index contributed by atoms with van der Waals surface area (Å²) in [7, 11) is -0.656. The van der Waals surface area contributed by atoms with Gasteiger partial charge in [-0.25, -0.2) is 4.98 Å². The molecule has 0 saturated carbocycles. The summed E-state index contributed by atoms with van der Waals surface area (Å²) in [6, 6.07) is 15.5. The Labute approximate surface area is 201 Å². The van der Waals surface area contributed by atoms with E-state index in [4.69, 9.17) is 14.0 Å². The number of aromatic nitrogens is 1. The van der Waals surface area contributed by atoms with Crippen LogP contribution in [0.3, 0.4) is 0 Å². The SMILES string of the molecule is CC1(C)OB(c2ccccc2NC(=O)c2cccc(Oc3ccc(C(F)(F)F)cn3)c2)OC1(C)C. The van der Waals surface area contributed by atoms with E-state index in [1.807, 2.05) is 39.8 Å². The molecule has 0 radical (unpaired) electrons. The highest BCUT2D eigenvalue weighted by atomic mass is 19.4. The minimum absolute atomic E-state index is 0.0262. The summed E-state index contributed by atoms with van der Waals surface area (Å²) >= 11 is 0. The largest absolute Gasteiger partial charge is 0.496 e. The summed E-state index contributed by atoms with van der Waals surface area (Å²) in [6.07, 6.45) is -3.79. The van der Waals surface area contributed by atoms with Crippen LogP contribution in [0.25, 0.3) is 0 Å². The fourth-order valence-corrected chi connectivity index (χ4v) is 3.41. The molecule has 10 heteroatoms. The Bertz CT molecular complexity index is 1210. The van der Waals surface area contributed by atoms with Crippen molar-refractivity contribution in [3.8, 4) is 11.6 Å². The van der Waals surface area contributed by atoms with Crippen molar-refractivity contribution >= 4 is 24.2 Å². The Kier molecular flexibility index (Phi) is 6.37. The third kappa shape index (κ3) is 5.33. The number of amides is 1. The molecule has 0 spiro atoms. The number of halogens is 3. The molecule has 4 rings (SSSR count). The number of nitrogens with one attached hydrogen (secondary N) is 1. The highest BCUT2D eigenvalue weighted by Crippen LogP contribution is 2.37. The molecule has 35 heavy (non-hydrogen) atoms. The molecule has 1 fully saturated rings. The molecule has 1 aliphatic heterocycles. The Morgan fingerprint density at radius 1 is 0.971 bits per heavy atom. The second kappa shape index (κ2) is 9.01. The van der Waals surface area contributed by atoms with Crippen LogP contribution in [0.1, 0.15) is 43.6 Å². The molecular formula is C25H24BF3N2O4. The fourth-order valence-electron chi connectivity index (χ4n) is 3.41. The van der Waals surface area contributed by atoms with Crippen LogP contribution in [0.2, 0.25) is 0 Å². The van der Waals surface area contributed by atoms with Gasteiger partial charge in [0.1, 0.15) is 5.75 Å². The van der Waals surface area contributed by atoms with Crippen LogP contribution in [0, 0.1) is 0 Å². The van der Waals surface area contributed by atoms with Crippen molar-refractivity contribution in [1.29, 1.82) is 0 Å². The highest BCUT2D eigenvalue weighted by Gasteiger charge is 2.52. The van der Waals surface area contributed by atoms with E-state index in [9.17, 15) is 18.0 Å². The molecule has 0 aliphatic carbocycles. The summed E-state index contributed by atoms with van der Waals surface area (Å²) in [5.74, 6) is -0.175. The first-order chi connectivity index (χ1) is 16.4. The van der Waals surface area contributed by atoms with Gasteiger partial charge in [0.25, 0.3) is 5.91 Å². The van der Waals surface area contributed by atoms with Crippen LogP contribution in [-0.4, -0.2) is 29.2 Å². The first-order valence-corrected chi connectivity index (χ1v) is 10.9. The zero-order valence-electron chi connectivity index (χ0n) is 19.6. The molecule has 0 unspecified atom stereocenters. The van der Waals surface area contributed by atoms with Crippen molar-refractivity contribution in [3.05, 3.63) is 78.0 Å². The molecule has 1 saturated heterocycles. The quantitative estimate of drug-likeness (QED) is 0.489. The third-order valence-electron chi connectivity index (χ3n) is 6.10. The Hall–Kier alpha value is -3.37. The standard InChI is InChI=1S/C25H24BF3N2O4/c1-23(2)24(3,4)35-26(34-23)19-10-5-6-11-20(19)31-22(32)16-8-7-9-18(14-16)33-21-13-12-17(15-30-21)25(27,28)29/h5-15H,1-4H3,(H,31,32). The molecule has 1 aliphatic rings. The summed E-state index contributed by atoms with van der Waals surface area (Å²) in [6.45, 7) is 7.80. The van der Waals surface area contributed by atoms with Gasteiger partial charge in [-0.05, 0) is 58.0 Å². The lowest BCUT2D eigenvalue weighted by Gasteiger charge is -2.32. The molecule has 2 heterocycles. The number of hydrogen-bond acceptors (Lipinski definition) is 5. The minimum atomic E-state index is -4.49. The summed E-state index contributed by atoms with van der Waals surface area (Å²) in [5, 5.41) is 2.88. The average Bonchev–Trinajstić information content (AvgIpc) is 3.01. The van der Waals surface area contributed by atoms with Crippen molar-refractivity contribution in [3.63, 3.8) is 0 Å². The monoisotopic (exact) mass is 484 g/mol. The molecular weight excluding hydrogens is 460 g/mol. The van der Waals surface area contributed by atoms with Crippen molar-refractivity contribution < 1.29 is 32.0 Å². The summed E-state index contributed by atoms with van der Waals surface area (Å²) in [5.41, 5.74) is -0.441. The number of benzene rings is 2. The predicted molar refractivity (Wildman–Crippen MR) is 126 cm³/mol. The number of hydrogen-bond donors (Lipinski definition) is 1. The lowest BCUT2D eigenvalue weighted by Crippen LogP contribution is -2.41. The van der Waals surface area contributed by atoms with E-state index in [1.165, 1.54) is 6.07 Å². The smallest absolute Gasteiger partial charge is 0.439 e. The van der Waals surface area contributed by atoms with Crippen LogP contribution in [0.15, 0.2) is 66.9 Å². The van der Waals surface area contributed by atoms with E-state index < -0.39 is 36.0 Å². The number of anilines is 1. The molecule has 182 valence electrons. The fraction of sp³-hybridized carbons (Fsp3) is 0.280. The molecule has 3 aromatic rings. The van der Waals surface area contributed by atoms with Gasteiger partial charge in [0.2, 0.25) is 5.88 Å². The van der Waals surface area contributed by atoms with E-state index in [-0.39, 0.29) is 17.2 Å². The number of para-hydroxylation sites is 1. The summed E-state index contributed by atoms with van der Waals surface area (Å²) in [4.78, 5) is 16.7. The number of nitrogens with zero attached hydrogens (tertiary/aromatic N) is 1. The minimum Gasteiger partial charge on any atom is -0.439 e. The molecule has 1 N–H and O–H groups in total. The van der Waals surface area contributed by atoms with Crippen LogP contribution in [-0.2, 0) is 15.5 Å². The van der Waals surface area contributed by atoms with E-state index in [1.54, 1.807) is 30.3 Å². The van der Waals surface area contributed by atoms with Crippen molar-refractivity contribution in [2.24, 2.45) is 0 Å². The van der Waals surface area contributed by atoms with Crippen LogP contribution < -0.4 is 15.5 Å². The first kappa shape index (κ1) is 24.7. The van der Waals surface area contributed by atoms with Crippen LogP contribution in [0.4, 0.5) is 18.9 Å². The lowest BCUT2D eigenvalue weighted by molar-refractivity contribution is -0.137. The van der Waals surface area contributed by atoms with Crippen molar-refractivity contribution in [1.82, 2.24) is 4.98 Å². The molecule has 0 bridgehead atoms. The van der Waals surface area contributed by atoms with Gasteiger partial charge in [0.05, 0.1) is 16.8 Å². The number of carbonyl (C=O) groups is 1. The number of alkyl halides is 3. The third-order valence-corrected chi connectivity index (χ3v) is 6.10. The normalized spacial score (nSPS) is 16.7. The summed E-state index contributed by atoms with van der Waals surface area (Å²) < 4.78 is 56.0. The maximum Gasteiger partial charge on any atom is 0.496 e.